The van der Waals surface area contributed by atoms with Gasteiger partial charge in [-0.3, -0.25) is 26.4 Å². The summed E-state index contributed by atoms with van der Waals surface area (Å²) in [6, 6.07) is 112. The number of nitrogens with zero attached hydrogens (tertiary/aromatic N) is 16. The van der Waals surface area contributed by atoms with Crippen molar-refractivity contribution in [2.24, 2.45) is 0 Å². The highest BCUT2D eigenvalue weighted by molar-refractivity contribution is 6.15. The molecule has 18 aromatic carbocycles. The lowest BCUT2D eigenvalue weighted by atomic mass is 9.82. The normalized spacial score (nSPS) is 13.1. The first-order valence-electron chi connectivity index (χ1n) is 44.5. The Balaban J connectivity index is 0.558. The Kier molecular flexibility index (Phi) is 13.0. The summed E-state index contributed by atoms with van der Waals surface area (Å²) in [6.07, 6.45) is 0. The first-order chi connectivity index (χ1) is 63.1. The Morgan fingerprint density at radius 1 is 0.233 bits per heavy atom. The predicted molar refractivity (Wildman–Crippen MR) is 527 cm³/mol. The van der Waals surface area contributed by atoms with Gasteiger partial charge in [-0.05, 0) is 300 Å². The number of fused-ring (bicyclic) bond motifs is 36. The summed E-state index contributed by atoms with van der Waals surface area (Å²) in [6.45, 7) is 15.9. The van der Waals surface area contributed by atoms with Crippen molar-refractivity contribution >= 4 is 215 Å². The fraction of sp³-hybridized carbons (Fsp3) is 0.0885. The van der Waals surface area contributed by atoms with Gasteiger partial charge in [-0.25, -0.2) is 43.1 Å². The van der Waals surface area contributed by atoms with Gasteiger partial charge in [-0.15, -0.1) is 0 Å². The molecule has 0 saturated heterocycles. The van der Waals surface area contributed by atoms with Gasteiger partial charge < -0.3 is 0 Å². The van der Waals surface area contributed by atoms with E-state index in [-0.39, 0.29) is 11.3 Å². The van der Waals surface area contributed by atoms with E-state index in [2.05, 4.69) is 385 Å². The molecule has 30 aromatic rings. The third kappa shape index (κ3) is 9.18. The molecule has 12 heterocycles. The van der Waals surface area contributed by atoms with Crippen LogP contribution in [0.5, 0.6) is 0 Å². The number of rotatable bonds is 7. The lowest BCUT2D eigenvalue weighted by Crippen LogP contribution is -2.12. The quantitative estimate of drug-likeness (QED) is 0.155. The average Bonchev–Trinajstić information content (AvgIpc) is 1.52. The monoisotopic (exact) mass is 1650 g/mol. The second-order valence-electron chi connectivity index (χ2n) is 37.7. The van der Waals surface area contributed by atoms with Crippen molar-refractivity contribution in [1.82, 2.24) is 69.5 Å². The summed E-state index contributed by atoms with van der Waals surface area (Å²) in [5, 5.41) is 23.9. The minimum atomic E-state index is -0.141. The molecule has 0 radical (unpaired) electrons. The predicted octanol–water partition coefficient (Wildman–Crippen LogP) is 27.7. The van der Waals surface area contributed by atoms with Crippen LogP contribution >= 0.6 is 0 Å². The fourth-order valence-electron chi connectivity index (χ4n) is 22.7. The second-order valence-corrected chi connectivity index (χ2v) is 37.7. The van der Waals surface area contributed by atoms with E-state index < -0.39 is 0 Å². The molecule has 0 amide bonds. The summed E-state index contributed by atoms with van der Waals surface area (Å²) < 4.78 is 21.0. The third-order valence-corrected chi connectivity index (χ3v) is 28.6. The third-order valence-electron chi connectivity index (χ3n) is 28.6. The van der Waals surface area contributed by atoms with E-state index in [1.807, 2.05) is 6.07 Å². The molecule has 129 heavy (non-hydrogen) atoms. The number of benzene rings is 18. The molecule has 0 fully saturated rings. The Morgan fingerprint density at radius 3 is 0.829 bits per heavy atom. The maximum Gasteiger partial charge on any atom is 0.223 e. The van der Waals surface area contributed by atoms with Crippen LogP contribution in [0.4, 0.5) is 0 Å². The number of imidazole rings is 12. The molecule has 0 aliphatic rings. The summed E-state index contributed by atoms with van der Waals surface area (Å²) in [4.78, 5) is 33.2. The summed E-state index contributed by atoms with van der Waals surface area (Å²) in [5.74, 6) is 5.47. The molecule has 0 aliphatic heterocycles. The van der Waals surface area contributed by atoms with Gasteiger partial charge in [-0.1, -0.05) is 200 Å². The lowest BCUT2D eigenvalue weighted by Gasteiger charge is -2.23. The first-order valence-corrected chi connectivity index (χ1v) is 44.5. The van der Waals surface area contributed by atoms with Crippen LogP contribution in [0.25, 0.3) is 271 Å². The van der Waals surface area contributed by atoms with Gasteiger partial charge in [0.25, 0.3) is 0 Å². The van der Waals surface area contributed by atoms with Gasteiger partial charge in [0, 0.05) is 0 Å². The molecular formula is C113H72N16. The molecule has 0 spiro atoms. The zero-order chi connectivity index (χ0) is 85.0. The molecule has 0 unspecified atom stereocenters. The highest BCUT2D eigenvalue weighted by Gasteiger charge is 2.32. The molecule has 0 bridgehead atoms. The van der Waals surface area contributed by atoms with Gasteiger partial charge in [0.15, 0.2) is 0 Å². The molecule has 0 atom stereocenters. The van der Waals surface area contributed by atoms with Crippen LogP contribution in [0.1, 0.15) is 82.6 Å². The molecule has 0 N–H and O–H groups in total. The van der Waals surface area contributed by atoms with Crippen molar-refractivity contribution in [3.8, 4) is 61.7 Å². The highest BCUT2D eigenvalue weighted by Crippen LogP contribution is 2.48. The van der Waals surface area contributed by atoms with Crippen molar-refractivity contribution in [2.45, 2.75) is 65.7 Å². The van der Waals surface area contributed by atoms with Crippen molar-refractivity contribution in [3.05, 3.63) is 320 Å². The van der Waals surface area contributed by atoms with Crippen molar-refractivity contribution in [2.75, 3.05) is 0 Å². The average molecular weight is 1650 g/mol. The Bertz CT molecular complexity index is 10400. The molecular weight excluding hydrogens is 1580 g/mol. The zero-order valence-corrected chi connectivity index (χ0v) is 71.1. The van der Waals surface area contributed by atoms with Crippen molar-refractivity contribution in [1.29, 1.82) is 5.26 Å². The van der Waals surface area contributed by atoms with Gasteiger partial charge in [0.1, 0.15) is 16.6 Å². The van der Waals surface area contributed by atoms with E-state index in [4.69, 9.17) is 29.9 Å². The number of nitriles is 1. The molecule has 0 saturated carbocycles. The fourth-order valence-corrected chi connectivity index (χ4v) is 22.7. The lowest BCUT2D eigenvalue weighted by molar-refractivity contribution is 0.592. The summed E-state index contributed by atoms with van der Waals surface area (Å²) in [5.41, 5.74) is 36.9. The molecule has 604 valence electrons. The molecule has 16 heteroatoms. The SMILES string of the molecule is CC(C)c1ccccc1-c1cc2c3c(c1)n1c4cc5cc(-c6ccc7cc8nc9n(c8cc7c6)c6cc(-c7ccccc7C(C)(C)C)cc7c6n9c6nc8cc9ccc(-c%10ccc%11cc%12nc%13n(c%12cc%11c%10)c%10cc(-c%11cc(C#N)ccc%11C(C)C)cc%11c%10n%13c%10nc%12cc%13ccccc%13cc%12n%11%10)cc9cc8n76)ccc5cc4nc1n3c1nc3cc4ccccc4cc3n21. The Morgan fingerprint density at radius 2 is 0.504 bits per heavy atom. The smallest absolute Gasteiger partial charge is 0.223 e. The topological polar surface area (TPSA) is 141 Å². The van der Waals surface area contributed by atoms with Gasteiger partial charge in [0.2, 0.25) is 34.7 Å². The molecule has 0 aliphatic carbocycles. The number of aromatic nitrogens is 15. The van der Waals surface area contributed by atoms with Crippen LogP contribution in [0.15, 0.2) is 297 Å². The second kappa shape index (κ2) is 24.0. The maximum absolute atomic E-state index is 10.3. The van der Waals surface area contributed by atoms with E-state index in [0.717, 1.165) is 243 Å². The van der Waals surface area contributed by atoms with Crippen LogP contribution in [0.3, 0.4) is 0 Å². The molecule has 30 rings (SSSR count). The molecule has 12 aromatic heterocycles. The Hall–Kier alpha value is -16.8. The zero-order valence-electron chi connectivity index (χ0n) is 71.1. The summed E-state index contributed by atoms with van der Waals surface area (Å²) >= 11 is 0. The van der Waals surface area contributed by atoms with Crippen molar-refractivity contribution < 1.29 is 0 Å². The molecule has 16 nitrogen and oxygen atoms in total. The van der Waals surface area contributed by atoms with Crippen LogP contribution in [0.2, 0.25) is 0 Å². The van der Waals surface area contributed by atoms with Gasteiger partial charge in [-0.2, -0.15) is 5.26 Å². The highest BCUT2D eigenvalue weighted by atomic mass is 15.3. The van der Waals surface area contributed by atoms with Gasteiger partial charge in [0.05, 0.1) is 111 Å². The van der Waals surface area contributed by atoms with E-state index in [1.165, 1.54) is 44.2 Å². The van der Waals surface area contributed by atoms with Crippen LogP contribution < -0.4 is 0 Å². The van der Waals surface area contributed by atoms with E-state index >= 15 is 0 Å². The Labute approximate surface area is 732 Å². The van der Waals surface area contributed by atoms with Crippen molar-refractivity contribution in [3.63, 3.8) is 0 Å². The first kappa shape index (κ1) is 69.6. The minimum absolute atomic E-state index is 0.141. The van der Waals surface area contributed by atoms with Crippen LogP contribution in [0, 0.1) is 11.3 Å². The van der Waals surface area contributed by atoms with Crippen LogP contribution in [-0.2, 0) is 5.41 Å². The largest absolute Gasteiger partial charge is 0.276 e. The van der Waals surface area contributed by atoms with E-state index in [9.17, 15) is 5.26 Å². The maximum atomic E-state index is 10.3. The summed E-state index contributed by atoms with van der Waals surface area (Å²) in [7, 11) is 0. The van der Waals surface area contributed by atoms with E-state index in [1.54, 1.807) is 0 Å². The number of hydrogen-bond donors (Lipinski definition) is 0. The number of hydrogen-bond acceptors (Lipinski definition) is 7. The standard InChI is InChI=1S/C113H72N16/c1-58(2)80-20-12-13-21-82(80)77-51-98-104-99(52-77)123-94-47-73-35-65(25-29-69(73)41-88(94)117-109(123)127(104)107-115-86-39-61-16-8-10-18-63(61)45-92(86)121(98)107)66-26-30-70-42-89-95(48-74(70)36-66)124-100-53-78(83-22-14-15-23-85(83)113(5,6)7)54-101-105(100)128(110(124)118-89)111-119-90-43-71-31-27-67(37-75(71)49-96(90)125(101)111)68-28-32-72-44-91-97(50-76(72)38-68)126-103-56-79(84-34-60(57-114)24-33-81(84)59(3)4)55-102-106(103)129(112(126)120-91)108-116-87-40-62-17-9-11-19-64(62)46-93(87)122(102)108/h8-56,58-59H,1-7H3. The minimum Gasteiger partial charge on any atom is -0.276 e. The van der Waals surface area contributed by atoms with Crippen LogP contribution in [-0.4, -0.2) is 69.5 Å². The van der Waals surface area contributed by atoms with Gasteiger partial charge >= 0.3 is 0 Å². The van der Waals surface area contributed by atoms with E-state index in [0.29, 0.717) is 11.5 Å².